The summed E-state index contributed by atoms with van der Waals surface area (Å²) in [5.41, 5.74) is 5.14. The lowest BCUT2D eigenvalue weighted by Gasteiger charge is -2.08. The Bertz CT molecular complexity index is 1330. The van der Waals surface area contributed by atoms with Crippen LogP contribution in [0, 0.1) is 5.82 Å². The Morgan fingerprint density at radius 2 is 1.90 bits per heavy atom. The molecule has 5 aromatic rings. The Balaban J connectivity index is 1.61. The van der Waals surface area contributed by atoms with Crippen molar-refractivity contribution in [1.29, 1.82) is 0 Å². The number of hydrogen-bond donors (Lipinski definition) is 3. The lowest BCUT2D eigenvalue weighted by molar-refractivity contribution is 0.282. The third-order valence-electron chi connectivity index (χ3n) is 4.88. The largest absolute Gasteiger partial charge is 0.392 e. The van der Waals surface area contributed by atoms with Crippen LogP contribution in [0.1, 0.15) is 11.3 Å². The lowest BCUT2D eigenvalue weighted by Crippen LogP contribution is -2.05. The van der Waals surface area contributed by atoms with E-state index in [1.54, 1.807) is 30.6 Å². The molecule has 1 aromatic carbocycles. The number of aromatic amines is 1. The zero-order chi connectivity index (χ0) is 21.2. The van der Waals surface area contributed by atoms with E-state index < -0.39 is 0 Å². The van der Waals surface area contributed by atoms with Crippen molar-refractivity contribution in [1.82, 2.24) is 29.5 Å². The van der Waals surface area contributed by atoms with E-state index in [-0.39, 0.29) is 12.4 Å². The van der Waals surface area contributed by atoms with Crippen molar-refractivity contribution in [2.24, 2.45) is 0 Å². The van der Waals surface area contributed by atoms with Crippen molar-refractivity contribution in [2.45, 2.75) is 13.2 Å². The van der Waals surface area contributed by atoms with Crippen molar-refractivity contribution in [3.05, 3.63) is 84.2 Å². The minimum Gasteiger partial charge on any atom is -0.392 e. The van der Waals surface area contributed by atoms with Crippen LogP contribution in [0.2, 0.25) is 0 Å². The Hall–Kier alpha value is -4.11. The van der Waals surface area contributed by atoms with Gasteiger partial charge < -0.3 is 10.4 Å². The molecule has 0 amide bonds. The Kier molecular flexibility index (Phi) is 4.85. The fraction of sp³-hybridized carbons (Fsp3) is 0.0909. The molecule has 0 spiro atoms. The molecule has 0 unspecified atom stereocenters. The maximum absolute atomic E-state index is 13.5. The van der Waals surface area contributed by atoms with Gasteiger partial charge in [-0.2, -0.15) is 5.10 Å². The topological polar surface area (TPSA) is 104 Å². The van der Waals surface area contributed by atoms with Gasteiger partial charge in [-0.25, -0.2) is 19.3 Å². The highest BCUT2D eigenvalue weighted by molar-refractivity contribution is 5.80. The van der Waals surface area contributed by atoms with Gasteiger partial charge >= 0.3 is 0 Å². The van der Waals surface area contributed by atoms with Crippen molar-refractivity contribution >= 4 is 11.6 Å². The van der Waals surface area contributed by atoms with Crippen LogP contribution in [-0.4, -0.2) is 34.7 Å². The number of aliphatic hydroxyl groups is 1. The van der Waals surface area contributed by atoms with Gasteiger partial charge in [-0.3, -0.25) is 9.50 Å². The molecule has 0 bridgehead atoms. The van der Waals surface area contributed by atoms with Crippen molar-refractivity contribution < 1.29 is 9.50 Å². The van der Waals surface area contributed by atoms with Gasteiger partial charge in [-0.1, -0.05) is 0 Å². The van der Waals surface area contributed by atoms with Gasteiger partial charge in [0.15, 0.2) is 0 Å². The zero-order valence-electron chi connectivity index (χ0n) is 16.3. The summed E-state index contributed by atoms with van der Waals surface area (Å²) in [5.74, 6) is 0.142. The SMILES string of the molecule is OCc1ccn2c(-c3ccnc(NCc4ccn[nH]4)n3)c(-c3ccc(F)cc3)nc2c1. The smallest absolute Gasteiger partial charge is 0.223 e. The maximum Gasteiger partial charge on any atom is 0.223 e. The molecule has 4 heterocycles. The average molecular weight is 415 g/mol. The van der Waals surface area contributed by atoms with Gasteiger partial charge in [0, 0.05) is 24.2 Å². The second-order valence-corrected chi connectivity index (χ2v) is 6.94. The summed E-state index contributed by atoms with van der Waals surface area (Å²) in [4.78, 5) is 13.7. The van der Waals surface area contributed by atoms with E-state index in [1.807, 2.05) is 28.8 Å². The highest BCUT2D eigenvalue weighted by Gasteiger charge is 2.18. The van der Waals surface area contributed by atoms with Crippen molar-refractivity contribution in [3.63, 3.8) is 0 Å². The van der Waals surface area contributed by atoms with Crippen molar-refractivity contribution in [2.75, 3.05) is 5.32 Å². The van der Waals surface area contributed by atoms with Crippen LogP contribution < -0.4 is 5.32 Å². The molecule has 0 atom stereocenters. The average Bonchev–Trinajstić information content (AvgIpc) is 3.45. The number of aromatic nitrogens is 6. The monoisotopic (exact) mass is 415 g/mol. The third-order valence-corrected chi connectivity index (χ3v) is 4.88. The molecule has 3 N–H and O–H groups in total. The first-order valence-corrected chi connectivity index (χ1v) is 9.64. The molecule has 0 aliphatic rings. The summed E-state index contributed by atoms with van der Waals surface area (Å²) in [6, 6.07) is 13.5. The summed E-state index contributed by atoms with van der Waals surface area (Å²) in [5, 5.41) is 19.5. The molecule has 31 heavy (non-hydrogen) atoms. The van der Waals surface area contributed by atoms with E-state index in [9.17, 15) is 9.50 Å². The van der Waals surface area contributed by atoms with E-state index in [1.165, 1.54) is 12.1 Å². The third kappa shape index (κ3) is 3.74. The van der Waals surface area contributed by atoms with E-state index in [2.05, 4.69) is 25.5 Å². The summed E-state index contributed by atoms with van der Waals surface area (Å²) < 4.78 is 15.4. The molecule has 0 aliphatic carbocycles. The number of hydrogen-bond acceptors (Lipinski definition) is 6. The maximum atomic E-state index is 13.5. The van der Waals surface area contributed by atoms with Gasteiger partial charge in [-0.15, -0.1) is 0 Å². The normalized spacial score (nSPS) is 11.2. The molecule has 8 nitrogen and oxygen atoms in total. The molecule has 0 saturated heterocycles. The first-order chi connectivity index (χ1) is 15.2. The molecule has 154 valence electrons. The number of benzene rings is 1. The zero-order valence-corrected chi connectivity index (χ0v) is 16.3. The number of nitrogens with zero attached hydrogens (tertiary/aromatic N) is 5. The number of H-pyrrole nitrogens is 1. The Morgan fingerprint density at radius 3 is 2.68 bits per heavy atom. The predicted octanol–water partition coefficient (Wildman–Crippen LogP) is 3.42. The van der Waals surface area contributed by atoms with E-state index >= 15 is 0 Å². The summed E-state index contributed by atoms with van der Waals surface area (Å²) in [7, 11) is 0. The van der Waals surface area contributed by atoms with Crippen LogP contribution in [0.3, 0.4) is 0 Å². The van der Waals surface area contributed by atoms with Crippen LogP contribution in [0.25, 0.3) is 28.3 Å². The number of imidazole rings is 1. The number of anilines is 1. The number of rotatable bonds is 6. The molecule has 4 aromatic heterocycles. The quantitative estimate of drug-likeness (QED) is 0.393. The summed E-state index contributed by atoms with van der Waals surface area (Å²) in [6.45, 7) is 0.418. The molecule has 5 rings (SSSR count). The highest BCUT2D eigenvalue weighted by atomic mass is 19.1. The number of nitrogens with one attached hydrogen (secondary N) is 2. The summed E-state index contributed by atoms with van der Waals surface area (Å²) in [6.07, 6.45) is 5.20. The Morgan fingerprint density at radius 1 is 1.03 bits per heavy atom. The number of pyridine rings is 1. The first-order valence-electron chi connectivity index (χ1n) is 9.64. The van der Waals surface area contributed by atoms with Crippen LogP contribution >= 0.6 is 0 Å². The number of fused-ring (bicyclic) bond motifs is 1. The molecule has 0 aliphatic heterocycles. The fourth-order valence-electron chi connectivity index (χ4n) is 3.37. The lowest BCUT2D eigenvalue weighted by atomic mass is 10.1. The van der Waals surface area contributed by atoms with Gasteiger partial charge in [0.1, 0.15) is 11.5 Å². The molecule has 9 heteroatoms. The van der Waals surface area contributed by atoms with Crippen LogP contribution in [-0.2, 0) is 13.2 Å². The second-order valence-electron chi connectivity index (χ2n) is 6.94. The van der Waals surface area contributed by atoms with Gasteiger partial charge in [-0.05, 0) is 54.1 Å². The fourth-order valence-corrected chi connectivity index (χ4v) is 3.37. The van der Waals surface area contributed by atoms with E-state index in [0.29, 0.717) is 29.5 Å². The Labute approximate surface area is 176 Å². The minimum absolute atomic E-state index is 0.0836. The predicted molar refractivity (Wildman–Crippen MR) is 113 cm³/mol. The van der Waals surface area contributed by atoms with E-state index in [0.717, 1.165) is 22.5 Å². The van der Waals surface area contributed by atoms with Crippen LogP contribution in [0.5, 0.6) is 0 Å². The minimum atomic E-state index is -0.316. The van der Waals surface area contributed by atoms with Crippen LogP contribution in [0.15, 0.2) is 67.1 Å². The number of aliphatic hydroxyl groups excluding tert-OH is 1. The van der Waals surface area contributed by atoms with E-state index in [4.69, 9.17) is 4.98 Å². The molecular formula is C22H18FN7O. The van der Waals surface area contributed by atoms with Crippen molar-refractivity contribution in [3.8, 4) is 22.6 Å². The van der Waals surface area contributed by atoms with Crippen LogP contribution in [0.4, 0.5) is 10.3 Å². The molecule has 0 fully saturated rings. The molecule has 0 radical (unpaired) electrons. The summed E-state index contributed by atoms with van der Waals surface area (Å²) >= 11 is 0. The highest BCUT2D eigenvalue weighted by Crippen LogP contribution is 2.32. The van der Waals surface area contributed by atoms with Gasteiger partial charge in [0.2, 0.25) is 5.95 Å². The van der Waals surface area contributed by atoms with Gasteiger partial charge in [0.05, 0.1) is 35.9 Å². The second kappa shape index (κ2) is 7.96. The molecular weight excluding hydrogens is 397 g/mol. The first kappa shape index (κ1) is 18.9. The standard InChI is InChI=1S/C22H18FN7O/c23-16-3-1-15(2-4-16)20-21(30-10-7-14(13-31)11-19(30)28-20)18-6-8-24-22(27-18)25-12-17-5-9-26-29-17/h1-11,31H,12-13H2,(H,26,29)(H,24,25,27). The van der Waals surface area contributed by atoms with Gasteiger partial charge in [0.25, 0.3) is 0 Å². The molecule has 0 saturated carbocycles. The number of halogens is 1.